The van der Waals surface area contributed by atoms with Crippen molar-refractivity contribution in [2.75, 3.05) is 26.7 Å². The van der Waals surface area contributed by atoms with E-state index >= 15 is 0 Å². The third kappa shape index (κ3) is 4.23. The van der Waals surface area contributed by atoms with Crippen molar-refractivity contribution in [3.63, 3.8) is 0 Å². The predicted octanol–water partition coefficient (Wildman–Crippen LogP) is 4.17. The highest BCUT2D eigenvalue weighted by atomic mass is 16.5. The van der Waals surface area contributed by atoms with Gasteiger partial charge >= 0.3 is 0 Å². The molecule has 25 heavy (non-hydrogen) atoms. The zero-order valence-electron chi connectivity index (χ0n) is 15.3. The Kier molecular flexibility index (Phi) is 5.77. The van der Waals surface area contributed by atoms with E-state index in [0.717, 1.165) is 30.9 Å². The van der Waals surface area contributed by atoms with E-state index in [2.05, 4.69) is 29.2 Å². The molecule has 0 saturated carbocycles. The summed E-state index contributed by atoms with van der Waals surface area (Å²) < 4.78 is 5.26. The second kappa shape index (κ2) is 8.03. The van der Waals surface area contributed by atoms with Crippen molar-refractivity contribution in [3.05, 3.63) is 65.7 Å². The minimum atomic E-state index is -0.939. The van der Waals surface area contributed by atoms with Crippen molar-refractivity contribution >= 4 is 0 Å². The Morgan fingerprint density at radius 3 is 2.24 bits per heavy atom. The van der Waals surface area contributed by atoms with Crippen molar-refractivity contribution in [2.45, 2.75) is 37.7 Å². The zero-order valence-corrected chi connectivity index (χ0v) is 15.3. The van der Waals surface area contributed by atoms with Crippen LogP contribution in [-0.4, -0.2) is 36.8 Å². The third-order valence-electron chi connectivity index (χ3n) is 5.44. The highest BCUT2D eigenvalue weighted by molar-refractivity contribution is 5.35. The van der Waals surface area contributed by atoms with Crippen molar-refractivity contribution in [2.24, 2.45) is 0 Å². The molecule has 0 bridgehead atoms. The molecule has 1 saturated heterocycles. The van der Waals surface area contributed by atoms with E-state index in [0.29, 0.717) is 0 Å². The number of rotatable bonds is 6. The van der Waals surface area contributed by atoms with E-state index in [9.17, 15) is 5.11 Å². The third-order valence-corrected chi connectivity index (χ3v) is 5.44. The average Bonchev–Trinajstić information content (AvgIpc) is 2.67. The van der Waals surface area contributed by atoms with Crippen molar-refractivity contribution in [1.82, 2.24) is 4.90 Å². The SMILES string of the molecule is COc1ccc([C@@](C)(O)[C@H](CN2CCCCC2)c2ccccc2)cc1. The van der Waals surface area contributed by atoms with Crippen LogP contribution in [0.1, 0.15) is 43.2 Å². The van der Waals surface area contributed by atoms with Crippen molar-refractivity contribution in [3.8, 4) is 5.75 Å². The molecule has 0 aliphatic carbocycles. The Morgan fingerprint density at radius 2 is 1.64 bits per heavy atom. The number of aliphatic hydroxyl groups is 1. The van der Waals surface area contributed by atoms with Crippen LogP contribution in [0.4, 0.5) is 0 Å². The standard InChI is InChI=1S/C22H29NO2/c1-22(24,19-11-13-20(25-2)14-12-19)21(18-9-5-3-6-10-18)17-23-15-7-4-8-16-23/h3,5-6,9-14,21,24H,4,7-8,15-17H2,1-2H3/t21-,22-/m1/s1. The van der Waals surface area contributed by atoms with E-state index in [4.69, 9.17) is 4.74 Å². The molecular formula is C22H29NO2. The fourth-order valence-electron chi connectivity index (χ4n) is 3.82. The molecule has 1 aliphatic rings. The number of piperidine rings is 1. The molecule has 1 heterocycles. The first kappa shape index (κ1) is 18.0. The van der Waals surface area contributed by atoms with Gasteiger partial charge in [-0.2, -0.15) is 0 Å². The molecule has 0 spiro atoms. The molecule has 2 aromatic carbocycles. The molecule has 1 N–H and O–H groups in total. The number of nitrogens with zero attached hydrogens (tertiary/aromatic N) is 1. The Balaban J connectivity index is 1.90. The number of ether oxygens (including phenoxy) is 1. The quantitative estimate of drug-likeness (QED) is 0.857. The van der Waals surface area contributed by atoms with Crippen LogP contribution in [0.2, 0.25) is 0 Å². The molecule has 3 rings (SSSR count). The molecule has 0 aromatic heterocycles. The molecule has 0 amide bonds. The maximum absolute atomic E-state index is 11.5. The lowest BCUT2D eigenvalue weighted by molar-refractivity contribution is 0.0107. The summed E-state index contributed by atoms with van der Waals surface area (Å²) >= 11 is 0. The number of methoxy groups -OCH3 is 1. The Labute approximate surface area is 151 Å². The second-order valence-electron chi connectivity index (χ2n) is 7.20. The fourth-order valence-corrected chi connectivity index (χ4v) is 3.82. The van der Waals surface area contributed by atoms with Gasteiger partial charge in [0.05, 0.1) is 12.7 Å². The predicted molar refractivity (Wildman–Crippen MR) is 102 cm³/mol. The lowest BCUT2D eigenvalue weighted by atomic mass is 9.78. The van der Waals surface area contributed by atoms with E-state index in [1.54, 1.807) is 7.11 Å². The molecule has 0 unspecified atom stereocenters. The van der Waals surface area contributed by atoms with Crippen LogP contribution in [0.15, 0.2) is 54.6 Å². The molecular weight excluding hydrogens is 310 g/mol. The van der Waals surface area contributed by atoms with Crippen molar-refractivity contribution in [1.29, 1.82) is 0 Å². The summed E-state index contributed by atoms with van der Waals surface area (Å²) in [6.07, 6.45) is 3.83. The van der Waals surface area contributed by atoms with Crippen LogP contribution >= 0.6 is 0 Å². The van der Waals surface area contributed by atoms with Gasteiger partial charge in [0, 0.05) is 12.5 Å². The van der Waals surface area contributed by atoms with E-state index in [1.807, 2.05) is 37.3 Å². The maximum Gasteiger partial charge on any atom is 0.118 e. The van der Waals surface area contributed by atoms with Crippen LogP contribution in [0.3, 0.4) is 0 Å². The van der Waals surface area contributed by atoms with Gasteiger partial charge in [-0.1, -0.05) is 48.9 Å². The highest BCUT2D eigenvalue weighted by Crippen LogP contribution is 2.38. The Morgan fingerprint density at radius 1 is 1.00 bits per heavy atom. The van der Waals surface area contributed by atoms with Gasteiger partial charge < -0.3 is 14.7 Å². The monoisotopic (exact) mass is 339 g/mol. The summed E-state index contributed by atoms with van der Waals surface area (Å²) in [7, 11) is 1.66. The molecule has 0 radical (unpaired) electrons. The summed E-state index contributed by atoms with van der Waals surface area (Å²) in [6.45, 7) is 5.07. The van der Waals surface area contributed by atoms with Crippen LogP contribution in [0.25, 0.3) is 0 Å². The summed E-state index contributed by atoms with van der Waals surface area (Å²) in [6, 6.07) is 18.2. The van der Waals surface area contributed by atoms with Crippen LogP contribution < -0.4 is 4.74 Å². The molecule has 2 aromatic rings. The molecule has 3 heteroatoms. The molecule has 2 atom stereocenters. The zero-order chi connectivity index (χ0) is 17.7. The first-order valence-corrected chi connectivity index (χ1v) is 9.25. The Hall–Kier alpha value is -1.84. The minimum Gasteiger partial charge on any atom is -0.497 e. The largest absolute Gasteiger partial charge is 0.497 e. The first-order valence-electron chi connectivity index (χ1n) is 9.25. The number of benzene rings is 2. The maximum atomic E-state index is 11.5. The van der Waals surface area contributed by atoms with Crippen LogP contribution in [0.5, 0.6) is 5.75 Å². The van der Waals surface area contributed by atoms with Gasteiger partial charge in [-0.15, -0.1) is 0 Å². The summed E-state index contributed by atoms with van der Waals surface area (Å²) in [4.78, 5) is 2.50. The summed E-state index contributed by atoms with van der Waals surface area (Å²) in [5, 5.41) is 11.5. The molecule has 1 aliphatic heterocycles. The van der Waals surface area contributed by atoms with Gasteiger partial charge in [0.2, 0.25) is 0 Å². The average molecular weight is 339 g/mol. The minimum absolute atomic E-state index is 0.0280. The summed E-state index contributed by atoms with van der Waals surface area (Å²) in [5.74, 6) is 0.840. The smallest absolute Gasteiger partial charge is 0.118 e. The van der Waals surface area contributed by atoms with E-state index < -0.39 is 5.60 Å². The van der Waals surface area contributed by atoms with Crippen LogP contribution in [-0.2, 0) is 5.60 Å². The second-order valence-corrected chi connectivity index (χ2v) is 7.20. The summed E-state index contributed by atoms with van der Waals surface area (Å²) in [5.41, 5.74) is 1.18. The Bertz CT molecular complexity index is 645. The first-order chi connectivity index (χ1) is 12.1. The molecule has 134 valence electrons. The van der Waals surface area contributed by atoms with Gasteiger partial charge in [0.1, 0.15) is 5.75 Å². The topological polar surface area (TPSA) is 32.7 Å². The lowest BCUT2D eigenvalue weighted by Crippen LogP contribution is -2.41. The van der Waals surface area contributed by atoms with Gasteiger partial charge in [0.25, 0.3) is 0 Å². The van der Waals surface area contributed by atoms with Gasteiger partial charge in [0.15, 0.2) is 0 Å². The number of hydrogen-bond donors (Lipinski definition) is 1. The van der Waals surface area contributed by atoms with E-state index in [-0.39, 0.29) is 5.92 Å². The van der Waals surface area contributed by atoms with Gasteiger partial charge in [-0.25, -0.2) is 0 Å². The van der Waals surface area contributed by atoms with Gasteiger partial charge in [-0.05, 0) is 56.1 Å². The van der Waals surface area contributed by atoms with Crippen molar-refractivity contribution < 1.29 is 9.84 Å². The van der Waals surface area contributed by atoms with Gasteiger partial charge in [-0.3, -0.25) is 0 Å². The normalized spacial score (nSPS) is 19.2. The lowest BCUT2D eigenvalue weighted by Gasteiger charge is -2.38. The highest BCUT2D eigenvalue weighted by Gasteiger charge is 2.36. The van der Waals surface area contributed by atoms with Crippen LogP contribution in [0, 0.1) is 0 Å². The van der Waals surface area contributed by atoms with E-state index in [1.165, 1.54) is 24.8 Å². The number of hydrogen-bond acceptors (Lipinski definition) is 3. The molecule has 3 nitrogen and oxygen atoms in total. The fraction of sp³-hybridized carbons (Fsp3) is 0.455. The number of likely N-dealkylation sites (tertiary alicyclic amines) is 1. The molecule has 1 fully saturated rings.